The van der Waals surface area contributed by atoms with Gasteiger partial charge in [0, 0.05) is 22.3 Å². The maximum absolute atomic E-state index is 12.6. The second-order valence-electron chi connectivity index (χ2n) is 9.57. The topological polar surface area (TPSA) is 109 Å². The summed E-state index contributed by atoms with van der Waals surface area (Å²) in [6.07, 6.45) is 1.35. The molecule has 0 heterocycles. The molecule has 3 rings (SSSR count). The van der Waals surface area contributed by atoms with Gasteiger partial charge in [-0.05, 0) is 67.1 Å². The third-order valence-corrected chi connectivity index (χ3v) is 6.44. The highest BCUT2D eigenvalue weighted by Crippen LogP contribution is 2.24. The van der Waals surface area contributed by atoms with Gasteiger partial charge in [-0.2, -0.15) is 5.10 Å². The molecule has 0 saturated carbocycles. The first-order chi connectivity index (χ1) is 18.5. The van der Waals surface area contributed by atoms with E-state index in [1.165, 1.54) is 11.8 Å². The van der Waals surface area contributed by atoms with Crippen LogP contribution in [0.2, 0.25) is 0 Å². The fourth-order valence-corrected chi connectivity index (χ4v) is 4.32. The van der Waals surface area contributed by atoms with Crippen molar-refractivity contribution in [3.63, 3.8) is 0 Å². The Morgan fingerprint density at radius 2 is 1.62 bits per heavy atom. The number of benzene rings is 3. The highest BCUT2D eigenvalue weighted by Gasteiger charge is 2.13. The fraction of sp³-hybridized carbons (Fsp3) is 0.267. The van der Waals surface area contributed by atoms with Crippen LogP contribution in [0.1, 0.15) is 53.1 Å². The predicted octanol–water partition coefficient (Wildman–Crippen LogP) is 5.28. The molecule has 39 heavy (non-hydrogen) atoms. The molecular formula is C30H33BrN4O4. The summed E-state index contributed by atoms with van der Waals surface area (Å²) in [5, 5.41) is 9.37. The Morgan fingerprint density at radius 3 is 2.26 bits per heavy atom. The summed E-state index contributed by atoms with van der Waals surface area (Å²) in [5.74, 6) is -1.20. The molecule has 204 valence electrons. The van der Waals surface area contributed by atoms with E-state index in [1.54, 1.807) is 18.2 Å². The van der Waals surface area contributed by atoms with Crippen molar-refractivity contribution in [3.8, 4) is 5.75 Å². The van der Waals surface area contributed by atoms with Crippen molar-refractivity contribution < 1.29 is 19.1 Å². The second-order valence-corrected chi connectivity index (χ2v) is 10.5. The maximum atomic E-state index is 12.6. The second kappa shape index (κ2) is 13.7. The average Bonchev–Trinajstić information content (AvgIpc) is 2.89. The lowest BCUT2D eigenvalue weighted by atomic mass is 10.0. The zero-order chi connectivity index (χ0) is 28.5. The molecule has 0 aliphatic heterocycles. The van der Waals surface area contributed by atoms with E-state index >= 15 is 0 Å². The summed E-state index contributed by atoms with van der Waals surface area (Å²) in [6, 6.07) is 17.0. The quantitative estimate of drug-likeness (QED) is 0.178. The highest BCUT2D eigenvalue weighted by atomic mass is 79.9. The Bertz CT molecular complexity index is 1360. The van der Waals surface area contributed by atoms with E-state index in [1.807, 2.05) is 57.2 Å². The zero-order valence-electron chi connectivity index (χ0n) is 22.7. The number of nitrogens with zero attached hydrogens (tertiary/aromatic N) is 1. The van der Waals surface area contributed by atoms with Crippen molar-refractivity contribution in [2.24, 2.45) is 5.10 Å². The lowest BCUT2D eigenvalue weighted by Gasteiger charge is -2.14. The van der Waals surface area contributed by atoms with Gasteiger partial charge in [-0.3, -0.25) is 14.4 Å². The number of carbonyl (C=O) groups is 3. The van der Waals surface area contributed by atoms with Gasteiger partial charge in [0.25, 0.3) is 5.91 Å². The van der Waals surface area contributed by atoms with Crippen molar-refractivity contribution in [2.45, 2.75) is 47.1 Å². The molecule has 0 unspecified atom stereocenters. The van der Waals surface area contributed by atoms with Gasteiger partial charge in [0.15, 0.2) is 6.61 Å². The molecule has 0 fully saturated rings. The van der Waals surface area contributed by atoms with Crippen LogP contribution in [0.5, 0.6) is 5.75 Å². The summed E-state index contributed by atoms with van der Waals surface area (Å²) in [5.41, 5.74) is 8.65. The standard InChI is InChI=1S/C30H33BrN4O4/c1-18(2)23-8-6-22(7-9-23)15-32-29(37)30(38)35-33-16-24-14-25(31)10-11-26(24)39-17-27(36)34-28-20(4)12-19(3)13-21(28)5/h6-14,16,18H,15,17H2,1-5H3,(H,32,37)(H,34,36)(H,35,38)/b33-16-. The van der Waals surface area contributed by atoms with E-state index in [-0.39, 0.29) is 19.1 Å². The molecule has 3 amide bonds. The minimum atomic E-state index is -0.897. The number of rotatable bonds is 9. The first kappa shape index (κ1) is 29.6. The Kier molecular flexibility index (Phi) is 10.4. The van der Waals surface area contributed by atoms with Crippen LogP contribution in [0, 0.1) is 20.8 Å². The lowest BCUT2D eigenvalue weighted by molar-refractivity contribution is -0.139. The third-order valence-electron chi connectivity index (χ3n) is 5.95. The van der Waals surface area contributed by atoms with E-state index in [9.17, 15) is 14.4 Å². The van der Waals surface area contributed by atoms with Crippen LogP contribution in [0.25, 0.3) is 0 Å². The van der Waals surface area contributed by atoms with Gasteiger partial charge >= 0.3 is 11.8 Å². The van der Waals surface area contributed by atoms with E-state index in [2.05, 4.69) is 50.9 Å². The number of carbonyl (C=O) groups excluding carboxylic acids is 3. The maximum Gasteiger partial charge on any atom is 0.329 e. The summed E-state index contributed by atoms with van der Waals surface area (Å²) in [4.78, 5) is 36.9. The Morgan fingerprint density at radius 1 is 0.949 bits per heavy atom. The third kappa shape index (κ3) is 8.78. The molecular weight excluding hydrogens is 560 g/mol. The van der Waals surface area contributed by atoms with Crippen LogP contribution >= 0.6 is 15.9 Å². The molecule has 9 heteroatoms. The Hall–Kier alpha value is -3.98. The molecule has 0 bridgehead atoms. The number of aryl methyl sites for hydroxylation is 3. The molecule has 0 aliphatic carbocycles. The summed E-state index contributed by atoms with van der Waals surface area (Å²) >= 11 is 3.39. The van der Waals surface area contributed by atoms with Crippen LogP contribution in [0.15, 0.2) is 64.2 Å². The Balaban J connectivity index is 1.54. The van der Waals surface area contributed by atoms with Crippen molar-refractivity contribution in [1.82, 2.24) is 10.7 Å². The average molecular weight is 594 g/mol. The van der Waals surface area contributed by atoms with E-state index in [0.29, 0.717) is 17.2 Å². The number of halogens is 1. The number of nitrogens with one attached hydrogen (secondary N) is 3. The molecule has 3 aromatic carbocycles. The molecule has 3 aromatic rings. The molecule has 0 aliphatic rings. The number of hydrogen-bond donors (Lipinski definition) is 3. The van der Waals surface area contributed by atoms with Crippen molar-refractivity contribution >= 4 is 45.6 Å². The molecule has 0 aromatic heterocycles. The van der Waals surface area contributed by atoms with Gasteiger partial charge in [0.2, 0.25) is 0 Å². The van der Waals surface area contributed by atoms with Crippen LogP contribution in [-0.4, -0.2) is 30.5 Å². The van der Waals surface area contributed by atoms with Crippen molar-refractivity contribution in [1.29, 1.82) is 0 Å². The number of hydrazone groups is 1. The Labute approximate surface area is 237 Å². The molecule has 8 nitrogen and oxygen atoms in total. The van der Waals surface area contributed by atoms with Crippen molar-refractivity contribution in [3.05, 3.63) is 92.5 Å². The van der Waals surface area contributed by atoms with Crippen LogP contribution in [-0.2, 0) is 20.9 Å². The van der Waals surface area contributed by atoms with Gasteiger partial charge in [-0.1, -0.05) is 71.7 Å². The first-order valence-corrected chi connectivity index (χ1v) is 13.3. The first-order valence-electron chi connectivity index (χ1n) is 12.5. The largest absolute Gasteiger partial charge is 0.483 e. The van der Waals surface area contributed by atoms with Crippen LogP contribution < -0.4 is 20.8 Å². The normalized spacial score (nSPS) is 10.9. The summed E-state index contributed by atoms with van der Waals surface area (Å²) in [6.45, 7) is 10.1. The minimum absolute atomic E-state index is 0.220. The molecule has 0 spiro atoms. The highest BCUT2D eigenvalue weighted by molar-refractivity contribution is 9.10. The van der Waals surface area contributed by atoms with Gasteiger partial charge < -0.3 is 15.4 Å². The lowest BCUT2D eigenvalue weighted by Crippen LogP contribution is -2.37. The van der Waals surface area contributed by atoms with Gasteiger partial charge in [0.05, 0.1) is 6.21 Å². The summed E-state index contributed by atoms with van der Waals surface area (Å²) in [7, 11) is 0. The van der Waals surface area contributed by atoms with E-state index in [0.717, 1.165) is 32.4 Å². The monoisotopic (exact) mass is 592 g/mol. The van der Waals surface area contributed by atoms with Crippen LogP contribution in [0.4, 0.5) is 5.69 Å². The van der Waals surface area contributed by atoms with Gasteiger partial charge in [0.1, 0.15) is 5.75 Å². The molecule has 3 N–H and O–H groups in total. The van der Waals surface area contributed by atoms with Crippen molar-refractivity contribution in [2.75, 3.05) is 11.9 Å². The summed E-state index contributed by atoms with van der Waals surface area (Å²) < 4.78 is 6.48. The number of ether oxygens (including phenoxy) is 1. The smallest absolute Gasteiger partial charge is 0.329 e. The molecule has 0 atom stereocenters. The number of amides is 3. The number of hydrogen-bond acceptors (Lipinski definition) is 5. The SMILES string of the molecule is Cc1cc(C)c(NC(=O)COc2ccc(Br)cc2/C=N\NC(=O)C(=O)NCc2ccc(C(C)C)cc2)c(C)c1. The minimum Gasteiger partial charge on any atom is -0.483 e. The van der Waals surface area contributed by atoms with Gasteiger partial charge in [-0.15, -0.1) is 0 Å². The molecule has 0 radical (unpaired) electrons. The van der Waals surface area contributed by atoms with E-state index in [4.69, 9.17) is 4.74 Å². The zero-order valence-corrected chi connectivity index (χ0v) is 24.3. The fourth-order valence-electron chi connectivity index (χ4n) is 3.94. The van der Waals surface area contributed by atoms with Gasteiger partial charge in [-0.25, -0.2) is 5.43 Å². The molecule has 0 saturated heterocycles. The van der Waals surface area contributed by atoms with E-state index < -0.39 is 11.8 Å². The van der Waals surface area contributed by atoms with Crippen LogP contribution in [0.3, 0.4) is 0 Å². The predicted molar refractivity (Wildman–Crippen MR) is 157 cm³/mol. The number of anilines is 1.